The summed E-state index contributed by atoms with van der Waals surface area (Å²) in [6.45, 7) is 1.21. The summed E-state index contributed by atoms with van der Waals surface area (Å²) in [6, 6.07) is 4.41. The second kappa shape index (κ2) is 6.24. The van der Waals surface area contributed by atoms with E-state index in [0.29, 0.717) is 23.6 Å². The third kappa shape index (κ3) is 3.29. The summed E-state index contributed by atoms with van der Waals surface area (Å²) in [5.74, 6) is -1.32. The molecular formula is C14H17ClN2O3. The molecule has 0 spiro atoms. The third-order valence-corrected chi connectivity index (χ3v) is 3.96. The highest BCUT2D eigenvalue weighted by Gasteiger charge is 2.28. The van der Waals surface area contributed by atoms with Gasteiger partial charge in [0.1, 0.15) is 6.04 Å². The van der Waals surface area contributed by atoms with Crippen LogP contribution in [0.5, 0.6) is 0 Å². The van der Waals surface area contributed by atoms with Gasteiger partial charge in [-0.05, 0) is 37.1 Å². The highest BCUT2D eigenvalue weighted by atomic mass is 35.5. The first kappa shape index (κ1) is 14.8. The number of amides is 1. The van der Waals surface area contributed by atoms with Gasteiger partial charge in [-0.2, -0.15) is 0 Å². The highest BCUT2D eigenvalue weighted by Crippen LogP contribution is 2.24. The molecule has 1 heterocycles. The number of piperidine rings is 1. The van der Waals surface area contributed by atoms with Gasteiger partial charge in [0.15, 0.2) is 0 Å². The van der Waals surface area contributed by atoms with E-state index >= 15 is 0 Å². The Hall–Kier alpha value is -1.59. The van der Waals surface area contributed by atoms with Crippen molar-refractivity contribution < 1.29 is 14.7 Å². The fraction of sp³-hybridized carbons (Fsp3) is 0.429. The number of benzene rings is 1. The number of hydrogen-bond acceptors (Lipinski definition) is 3. The lowest BCUT2D eigenvalue weighted by Gasteiger charge is -2.33. The normalized spacial score (nSPS) is 19.8. The van der Waals surface area contributed by atoms with E-state index < -0.39 is 17.9 Å². The summed E-state index contributed by atoms with van der Waals surface area (Å²) in [5.41, 5.74) is 6.36. The fourth-order valence-electron chi connectivity index (χ4n) is 2.51. The van der Waals surface area contributed by atoms with Crippen LogP contribution in [0.3, 0.4) is 0 Å². The van der Waals surface area contributed by atoms with E-state index in [1.807, 2.05) is 4.90 Å². The average molecular weight is 297 g/mol. The summed E-state index contributed by atoms with van der Waals surface area (Å²) < 4.78 is 0. The second-order valence-electron chi connectivity index (χ2n) is 4.99. The molecule has 20 heavy (non-hydrogen) atoms. The van der Waals surface area contributed by atoms with Crippen LogP contribution in [0.4, 0.5) is 0 Å². The van der Waals surface area contributed by atoms with Crippen LogP contribution >= 0.6 is 11.6 Å². The summed E-state index contributed by atoms with van der Waals surface area (Å²) in [4.78, 5) is 24.2. The van der Waals surface area contributed by atoms with Crippen LogP contribution in [-0.4, -0.2) is 34.5 Å². The maximum absolute atomic E-state index is 11.2. The van der Waals surface area contributed by atoms with Gasteiger partial charge in [0.05, 0.1) is 0 Å². The SMILES string of the molecule is NC(=O)c1ccc(CN2CCCCC2C(=O)O)c(Cl)c1. The molecule has 1 unspecified atom stereocenters. The van der Waals surface area contributed by atoms with E-state index in [4.69, 9.17) is 17.3 Å². The number of halogens is 1. The Morgan fingerprint density at radius 3 is 2.75 bits per heavy atom. The standard InChI is InChI=1S/C14H17ClN2O3/c15-11-7-9(13(16)18)4-5-10(11)8-17-6-2-1-3-12(17)14(19)20/h4-5,7,12H,1-3,6,8H2,(H2,16,18)(H,19,20). The third-order valence-electron chi connectivity index (χ3n) is 3.61. The molecule has 1 aromatic rings. The van der Waals surface area contributed by atoms with Gasteiger partial charge in [-0.3, -0.25) is 14.5 Å². The molecule has 1 atom stereocenters. The van der Waals surface area contributed by atoms with Crippen molar-refractivity contribution in [2.24, 2.45) is 5.73 Å². The lowest BCUT2D eigenvalue weighted by Crippen LogP contribution is -2.44. The van der Waals surface area contributed by atoms with Crippen LogP contribution in [0.25, 0.3) is 0 Å². The van der Waals surface area contributed by atoms with E-state index in [-0.39, 0.29) is 0 Å². The number of nitrogens with two attached hydrogens (primary N) is 1. The molecule has 6 heteroatoms. The summed E-state index contributed by atoms with van der Waals surface area (Å²) >= 11 is 6.14. The van der Waals surface area contributed by atoms with Crippen molar-refractivity contribution in [2.45, 2.75) is 31.8 Å². The molecule has 1 saturated heterocycles. The Balaban J connectivity index is 2.16. The zero-order valence-electron chi connectivity index (χ0n) is 11.0. The van der Waals surface area contributed by atoms with E-state index in [9.17, 15) is 14.7 Å². The number of rotatable bonds is 4. The monoisotopic (exact) mass is 296 g/mol. The molecule has 1 fully saturated rings. The van der Waals surface area contributed by atoms with Gasteiger partial charge in [-0.1, -0.05) is 24.1 Å². The zero-order valence-corrected chi connectivity index (χ0v) is 11.8. The number of carboxylic acids is 1. The van der Waals surface area contributed by atoms with Crippen LogP contribution in [-0.2, 0) is 11.3 Å². The molecular weight excluding hydrogens is 280 g/mol. The number of aliphatic carboxylic acids is 1. The minimum Gasteiger partial charge on any atom is -0.480 e. The van der Waals surface area contributed by atoms with Crippen LogP contribution in [0, 0.1) is 0 Å². The minimum absolute atomic E-state index is 0.354. The fourth-order valence-corrected chi connectivity index (χ4v) is 2.75. The molecule has 3 N–H and O–H groups in total. The maximum Gasteiger partial charge on any atom is 0.320 e. The first-order chi connectivity index (χ1) is 9.49. The topological polar surface area (TPSA) is 83.6 Å². The Kier molecular flexibility index (Phi) is 4.62. The van der Waals surface area contributed by atoms with Gasteiger partial charge in [-0.25, -0.2) is 0 Å². The molecule has 1 aromatic carbocycles. The summed E-state index contributed by atoms with van der Waals surface area (Å²) in [6.07, 6.45) is 2.58. The van der Waals surface area contributed by atoms with Gasteiger partial charge in [0, 0.05) is 17.1 Å². The van der Waals surface area contributed by atoms with Crippen molar-refractivity contribution in [3.63, 3.8) is 0 Å². The van der Waals surface area contributed by atoms with Gasteiger partial charge in [-0.15, -0.1) is 0 Å². The number of carbonyl (C=O) groups excluding carboxylic acids is 1. The number of carbonyl (C=O) groups is 2. The van der Waals surface area contributed by atoms with E-state index in [2.05, 4.69) is 0 Å². The van der Waals surface area contributed by atoms with Crippen molar-refractivity contribution in [1.82, 2.24) is 4.90 Å². The van der Waals surface area contributed by atoms with Crippen LogP contribution in [0.2, 0.25) is 5.02 Å². The van der Waals surface area contributed by atoms with Crippen molar-refractivity contribution >= 4 is 23.5 Å². The van der Waals surface area contributed by atoms with Gasteiger partial charge >= 0.3 is 5.97 Å². The molecule has 0 aliphatic carbocycles. The average Bonchev–Trinajstić information content (AvgIpc) is 2.41. The lowest BCUT2D eigenvalue weighted by molar-refractivity contribution is -0.144. The highest BCUT2D eigenvalue weighted by molar-refractivity contribution is 6.31. The molecule has 2 rings (SSSR count). The van der Waals surface area contributed by atoms with E-state index in [1.54, 1.807) is 12.1 Å². The van der Waals surface area contributed by atoms with Crippen molar-refractivity contribution in [2.75, 3.05) is 6.54 Å². The van der Waals surface area contributed by atoms with E-state index in [1.165, 1.54) is 6.07 Å². The number of hydrogen-bond donors (Lipinski definition) is 2. The molecule has 1 amide bonds. The number of carboxylic acid groups (broad SMARTS) is 1. The number of nitrogens with zero attached hydrogens (tertiary/aromatic N) is 1. The Bertz CT molecular complexity index is 533. The number of primary amides is 1. The van der Waals surface area contributed by atoms with Gasteiger partial charge < -0.3 is 10.8 Å². The smallest absolute Gasteiger partial charge is 0.320 e. The molecule has 0 saturated carbocycles. The first-order valence-corrected chi connectivity index (χ1v) is 6.92. The van der Waals surface area contributed by atoms with Gasteiger partial charge in [0.2, 0.25) is 5.91 Å². The van der Waals surface area contributed by atoms with Crippen LogP contribution in [0.1, 0.15) is 35.2 Å². The lowest BCUT2D eigenvalue weighted by atomic mass is 10.0. The Morgan fingerprint density at radius 1 is 1.40 bits per heavy atom. The van der Waals surface area contributed by atoms with Crippen molar-refractivity contribution in [3.05, 3.63) is 34.3 Å². The molecule has 0 radical (unpaired) electrons. The Labute approximate surface area is 122 Å². The molecule has 1 aliphatic heterocycles. The molecule has 5 nitrogen and oxygen atoms in total. The number of likely N-dealkylation sites (tertiary alicyclic amines) is 1. The van der Waals surface area contributed by atoms with Crippen molar-refractivity contribution in [1.29, 1.82) is 0 Å². The van der Waals surface area contributed by atoms with Crippen LogP contribution in [0.15, 0.2) is 18.2 Å². The van der Waals surface area contributed by atoms with E-state index in [0.717, 1.165) is 24.9 Å². The summed E-state index contributed by atoms with van der Waals surface area (Å²) in [7, 11) is 0. The second-order valence-corrected chi connectivity index (χ2v) is 5.40. The predicted octanol–water partition coefficient (Wildman–Crippen LogP) is 1.88. The summed E-state index contributed by atoms with van der Waals surface area (Å²) in [5, 5.41) is 9.68. The largest absolute Gasteiger partial charge is 0.480 e. The molecule has 0 bridgehead atoms. The minimum atomic E-state index is -0.797. The molecule has 1 aliphatic rings. The molecule has 0 aromatic heterocycles. The maximum atomic E-state index is 11.2. The zero-order chi connectivity index (χ0) is 14.7. The van der Waals surface area contributed by atoms with Gasteiger partial charge in [0.25, 0.3) is 0 Å². The van der Waals surface area contributed by atoms with Crippen molar-refractivity contribution in [3.8, 4) is 0 Å². The van der Waals surface area contributed by atoms with Crippen LogP contribution < -0.4 is 5.73 Å². The Morgan fingerprint density at radius 2 is 2.15 bits per heavy atom. The predicted molar refractivity (Wildman–Crippen MR) is 75.7 cm³/mol. The quantitative estimate of drug-likeness (QED) is 0.888. The first-order valence-electron chi connectivity index (χ1n) is 6.54. The molecule has 108 valence electrons.